The van der Waals surface area contributed by atoms with E-state index in [0.29, 0.717) is 11.5 Å². The normalized spacial score (nSPS) is 16.8. The van der Waals surface area contributed by atoms with Crippen LogP contribution in [0.3, 0.4) is 0 Å². The largest absolute Gasteiger partial charge is 0.478 e. The summed E-state index contributed by atoms with van der Waals surface area (Å²) in [7, 11) is 1.30. The number of carboxylic acids is 1. The zero-order valence-corrected chi connectivity index (χ0v) is 21.5. The van der Waals surface area contributed by atoms with Crippen LogP contribution in [0.5, 0.6) is 0 Å². The van der Waals surface area contributed by atoms with Crippen molar-refractivity contribution in [3.8, 4) is 0 Å². The van der Waals surface area contributed by atoms with Gasteiger partial charge in [-0.3, -0.25) is 4.90 Å². The fourth-order valence-corrected chi connectivity index (χ4v) is 3.87. The van der Waals surface area contributed by atoms with Gasteiger partial charge in [-0.25, -0.2) is 18.8 Å². The number of hydrogen-bond donors (Lipinski definition) is 1. The van der Waals surface area contributed by atoms with Gasteiger partial charge in [0, 0.05) is 33.1 Å². The molecule has 1 aliphatic heterocycles. The van der Waals surface area contributed by atoms with Gasteiger partial charge in [0.2, 0.25) is 6.10 Å². The molecule has 0 radical (unpaired) electrons. The van der Waals surface area contributed by atoms with Gasteiger partial charge in [0.05, 0.1) is 0 Å². The average molecular weight is 496 g/mol. The topological polar surface area (TPSA) is 102 Å². The van der Waals surface area contributed by atoms with Gasteiger partial charge >= 0.3 is 18.0 Å². The van der Waals surface area contributed by atoms with Gasteiger partial charge in [-0.2, -0.15) is 0 Å². The van der Waals surface area contributed by atoms with E-state index in [1.165, 1.54) is 20.9 Å². The summed E-state index contributed by atoms with van der Waals surface area (Å²) in [6.45, 7) is 8.97. The third-order valence-electron chi connectivity index (χ3n) is 5.73. The van der Waals surface area contributed by atoms with Gasteiger partial charge < -0.3 is 19.3 Å². The molecule has 1 aromatic rings. The van der Waals surface area contributed by atoms with Crippen molar-refractivity contribution in [2.75, 3.05) is 20.3 Å². The lowest BCUT2D eigenvalue weighted by Crippen LogP contribution is -2.49. The number of nitrogens with zero attached hydrogens (tertiary/aromatic N) is 1. The van der Waals surface area contributed by atoms with Crippen molar-refractivity contribution in [1.29, 1.82) is 0 Å². The Kier molecular flexibility index (Phi) is 9.66. The molecule has 2 unspecified atom stereocenters. The number of carbonyl (C=O) groups is 3. The highest BCUT2D eigenvalue weighted by Gasteiger charge is 2.38. The van der Waals surface area contributed by atoms with Crippen LogP contribution < -0.4 is 0 Å². The number of aliphatic carboxylic acids is 1. The van der Waals surface area contributed by atoms with Crippen molar-refractivity contribution in [1.82, 2.24) is 4.90 Å². The van der Waals surface area contributed by atoms with Gasteiger partial charge in [-0.15, -0.1) is 0 Å². The maximum atomic E-state index is 14.5. The van der Waals surface area contributed by atoms with Crippen LogP contribution in [0.4, 0.5) is 9.18 Å². The quantitative estimate of drug-likeness (QED) is 0.504. The highest BCUT2D eigenvalue weighted by atomic mass is 19.1. The Morgan fingerprint density at radius 1 is 1.11 bits per heavy atom. The molecule has 9 heteroatoms. The van der Waals surface area contributed by atoms with E-state index in [9.17, 15) is 23.9 Å². The first-order valence-corrected chi connectivity index (χ1v) is 11.9. The molecule has 1 amide bonds. The minimum atomic E-state index is -1.82. The number of alkyl halides is 1. The molecule has 196 valence electrons. The average Bonchev–Trinajstić information content (AvgIpc) is 2.75. The fraction of sp³-hybridized carbons (Fsp3) is 0.654. The Balaban J connectivity index is 2.13. The van der Waals surface area contributed by atoms with Crippen molar-refractivity contribution in [3.63, 3.8) is 0 Å². The van der Waals surface area contributed by atoms with E-state index in [1.807, 2.05) is 24.3 Å². The van der Waals surface area contributed by atoms with Gasteiger partial charge in [0.1, 0.15) is 17.3 Å². The summed E-state index contributed by atoms with van der Waals surface area (Å²) in [4.78, 5) is 38.3. The van der Waals surface area contributed by atoms with E-state index in [4.69, 9.17) is 14.2 Å². The van der Waals surface area contributed by atoms with E-state index >= 15 is 0 Å². The van der Waals surface area contributed by atoms with Crippen LogP contribution in [-0.2, 0) is 30.2 Å². The number of halogens is 1. The fourth-order valence-electron chi connectivity index (χ4n) is 3.87. The minimum Gasteiger partial charge on any atom is -0.478 e. The first kappa shape index (κ1) is 28.6. The van der Waals surface area contributed by atoms with Crippen LogP contribution in [0, 0.1) is 0 Å². The molecule has 1 aromatic carbocycles. The number of esters is 1. The Morgan fingerprint density at radius 3 is 2.17 bits per heavy atom. The van der Waals surface area contributed by atoms with Crippen molar-refractivity contribution >= 4 is 18.0 Å². The van der Waals surface area contributed by atoms with E-state index in [1.54, 1.807) is 20.8 Å². The summed E-state index contributed by atoms with van der Waals surface area (Å²) in [6.07, 6.45) is -0.892. The van der Waals surface area contributed by atoms with Crippen molar-refractivity contribution < 1.29 is 38.1 Å². The zero-order chi connectivity index (χ0) is 26.4. The first-order chi connectivity index (χ1) is 16.2. The third-order valence-corrected chi connectivity index (χ3v) is 5.73. The Hall–Kier alpha value is -2.68. The molecule has 1 N–H and O–H groups in total. The van der Waals surface area contributed by atoms with Gasteiger partial charge in [0.25, 0.3) is 0 Å². The minimum absolute atomic E-state index is 0.0585. The zero-order valence-electron chi connectivity index (χ0n) is 21.5. The molecule has 8 nitrogen and oxygen atoms in total. The summed E-state index contributed by atoms with van der Waals surface area (Å²) in [5.74, 6) is -1.93. The number of ether oxygens (including phenoxy) is 3. The van der Waals surface area contributed by atoms with Crippen molar-refractivity contribution in [2.45, 2.75) is 89.6 Å². The number of benzene rings is 1. The Labute approximate surface area is 206 Å². The molecule has 1 aliphatic rings. The molecule has 0 saturated carbocycles. The highest BCUT2D eigenvalue weighted by Crippen LogP contribution is 2.27. The second-order valence-electron chi connectivity index (χ2n) is 10.6. The van der Waals surface area contributed by atoms with Crippen molar-refractivity contribution in [3.05, 3.63) is 35.4 Å². The van der Waals surface area contributed by atoms with Gasteiger partial charge in [-0.1, -0.05) is 24.3 Å². The van der Waals surface area contributed by atoms with E-state index in [0.717, 1.165) is 36.5 Å². The molecule has 1 fully saturated rings. The molecule has 1 heterocycles. The maximum Gasteiger partial charge on any atom is 0.410 e. The molecular formula is C26H38FNO7. The third kappa shape index (κ3) is 9.47. The predicted octanol–water partition coefficient (Wildman–Crippen LogP) is 4.49. The summed E-state index contributed by atoms with van der Waals surface area (Å²) in [5, 5.41) is 9.69. The molecule has 0 aliphatic carbocycles. The van der Waals surface area contributed by atoms with Gasteiger partial charge in [-0.05, 0) is 64.5 Å². The van der Waals surface area contributed by atoms with Crippen LogP contribution in [0.25, 0.3) is 0 Å². The van der Waals surface area contributed by atoms with E-state index < -0.39 is 41.4 Å². The van der Waals surface area contributed by atoms with Crippen molar-refractivity contribution in [2.24, 2.45) is 0 Å². The molecular weight excluding hydrogens is 457 g/mol. The number of likely N-dealkylation sites (N-methyl/N-ethyl adjacent to an activating group) is 1. The van der Waals surface area contributed by atoms with Crippen LogP contribution in [-0.4, -0.2) is 71.7 Å². The SMILES string of the molecule is CN(C(=O)OC(C)(C)C)C(CC(C)(C)F)C(=O)OC(Cc1ccc(C2CCOCC2)cc1)C(=O)O. The Bertz CT molecular complexity index is 867. The molecule has 0 spiro atoms. The number of carboxylic acid groups (broad SMARTS) is 1. The van der Waals surface area contributed by atoms with Gasteiger partial charge in [0.15, 0.2) is 0 Å². The number of carbonyl (C=O) groups excluding carboxylic acids is 2. The standard InChI is InChI=1S/C26H38FNO7/c1-25(2,3)35-24(32)28(6)20(16-26(4,5)27)23(31)34-21(22(29)30)15-17-7-9-18(10-8-17)19-11-13-33-14-12-19/h7-10,19-21H,11-16H2,1-6H3,(H,29,30). The lowest BCUT2D eigenvalue weighted by atomic mass is 9.91. The van der Waals surface area contributed by atoms with Crippen LogP contribution in [0.2, 0.25) is 0 Å². The molecule has 1 saturated heterocycles. The summed E-state index contributed by atoms with van der Waals surface area (Å²) in [5.41, 5.74) is -0.807. The molecule has 35 heavy (non-hydrogen) atoms. The summed E-state index contributed by atoms with van der Waals surface area (Å²) < 4.78 is 30.5. The predicted molar refractivity (Wildman–Crippen MR) is 128 cm³/mol. The number of hydrogen-bond acceptors (Lipinski definition) is 6. The lowest BCUT2D eigenvalue weighted by molar-refractivity contribution is -0.168. The molecule has 2 rings (SSSR count). The summed E-state index contributed by atoms with van der Waals surface area (Å²) >= 11 is 0. The van der Waals surface area contributed by atoms with E-state index in [-0.39, 0.29) is 12.8 Å². The van der Waals surface area contributed by atoms with Crippen LogP contribution in [0.15, 0.2) is 24.3 Å². The van der Waals surface area contributed by atoms with Crippen LogP contribution in [0.1, 0.15) is 70.9 Å². The van der Waals surface area contributed by atoms with E-state index in [2.05, 4.69) is 0 Å². The lowest BCUT2D eigenvalue weighted by Gasteiger charge is -2.32. The molecule has 0 bridgehead atoms. The monoisotopic (exact) mass is 495 g/mol. The highest BCUT2D eigenvalue weighted by molar-refractivity contribution is 5.84. The second-order valence-corrected chi connectivity index (χ2v) is 10.6. The van der Waals surface area contributed by atoms with Crippen LogP contribution >= 0.6 is 0 Å². The molecule has 2 atom stereocenters. The summed E-state index contributed by atoms with van der Waals surface area (Å²) in [6, 6.07) is 6.20. The maximum absolute atomic E-state index is 14.5. The number of rotatable bonds is 9. The molecule has 0 aromatic heterocycles. The Morgan fingerprint density at radius 2 is 1.69 bits per heavy atom. The number of amides is 1. The second kappa shape index (κ2) is 11.8. The smallest absolute Gasteiger partial charge is 0.410 e. The first-order valence-electron chi connectivity index (χ1n) is 11.9.